The Morgan fingerprint density at radius 2 is 1.95 bits per heavy atom. The number of sulfonamides is 1. The van der Waals surface area contributed by atoms with Gasteiger partial charge in [-0.2, -0.15) is 5.10 Å². The number of nitrogen functional groups attached to an aromatic ring is 1. The van der Waals surface area contributed by atoms with Crippen molar-refractivity contribution in [3.63, 3.8) is 0 Å². The van der Waals surface area contributed by atoms with E-state index in [0.717, 1.165) is 28.3 Å². The van der Waals surface area contributed by atoms with Crippen LogP contribution in [0.4, 0.5) is 5.13 Å². The zero-order chi connectivity index (χ0) is 15.1. The van der Waals surface area contributed by atoms with Crippen molar-refractivity contribution in [2.24, 2.45) is 7.05 Å². The number of hydrogen-bond donors (Lipinski definition) is 2. The van der Waals surface area contributed by atoms with Crippen molar-refractivity contribution < 1.29 is 8.42 Å². The molecule has 2 heterocycles. The van der Waals surface area contributed by atoms with E-state index >= 15 is 0 Å². The van der Waals surface area contributed by atoms with Crippen molar-refractivity contribution in [3.8, 4) is 0 Å². The van der Waals surface area contributed by atoms with Crippen LogP contribution in [0.15, 0.2) is 4.21 Å². The van der Waals surface area contributed by atoms with Crippen molar-refractivity contribution in [1.29, 1.82) is 0 Å². The zero-order valence-corrected chi connectivity index (χ0v) is 13.4. The van der Waals surface area contributed by atoms with Crippen LogP contribution < -0.4 is 10.5 Å². The van der Waals surface area contributed by atoms with E-state index in [9.17, 15) is 8.42 Å². The van der Waals surface area contributed by atoms with E-state index < -0.39 is 10.0 Å². The molecule has 0 bridgehead atoms. The average molecular weight is 315 g/mol. The van der Waals surface area contributed by atoms with E-state index in [1.54, 1.807) is 11.6 Å². The molecule has 20 heavy (non-hydrogen) atoms. The summed E-state index contributed by atoms with van der Waals surface area (Å²) in [6, 6.07) is 0. The molecule has 2 aromatic heterocycles. The number of aromatic nitrogens is 3. The van der Waals surface area contributed by atoms with Crippen LogP contribution in [0.2, 0.25) is 0 Å². The fourth-order valence-electron chi connectivity index (χ4n) is 1.96. The summed E-state index contributed by atoms with van der Waals surface area (Å²) in [5.74, 6) is 0. The standard InChI is InChI=1S/C11H17N5O2S2/c1-6-9(8(3)16(4)15-6)5-13-20(17,18)10-7(2)14-11(12)19-10/h13H,5H2,1-4H3,(H2,12,14). The van der Waals surface area contributed by atoms with Crippen molar-refractivity contribution in [1.82, 2.24) is 19.5 Å². The predicted octanol–water partition coefficient (Wildman–Crippen LogP) is 0.863. The number of nitrogens with two attached hydrogens (primary N) is 1. The van der Waals surface area contributed by atoms with E-state index in [2.05, 4.69) is 14.8 Å². The highest BCUT2D eigenvalue weighted by atomic mass is 32.2. The molecule has 0 amide bonds. The maximum absolute atomic E-state index is 12.2. The molecular formula is C11H17N5O2S2. The summed E-state index contributed by atoms with van der Waals surface area (Å²) in [4.78, 5) is 3.93. The van der Waals surface area contributed by atoms with Crippen molar-refractivity contribution in [2.75, 3.05) is 5.73 Å². The van der Waals surface area contributed by atoms with E-state index in [4.69, 9.17) is 5.73 Å². The topological polar surface area (TPSA) is 103 Å². The molecule has 0 aliphatic rings. The summed E-state index contributed by atoms with van der Waals surface area (Å²) in [6.07, 6.45) is 0. The lowest BCUT2D eigenvalue weighted by Gasteiger charge is -2.06. The highest BCUT2D eigenvalue weighted by molar-refractivity contribution is 7.91. The fourth-order valence-corrected chi connectivity index (χ4v) is 4.30. The van der Waals surface area contributed by atoms with E-state index in [-0.39, 0.29) is 15.9 Å². The van der Waals surface area contributed by atoms with E-state index in [0.29, 0.717) is 5.69 Å². The molecule has 0 saturated carbocycles. The summed E-state index contributed by atoms with van der Waals surface area (Å²) < 4.78 is 29.0. The summed E-state index contributed by atoms with van der Waals surface area (Å²) in [5, 5.41) is 4.50. The first-order valence-corrected chi connectivity index (χ1v) is 8.24. The Balaban J connectivity index is 2.24. The fraction of sp³-hybridized carbons (Fsp3) is 0.455. The van der Waals surface area contributed by atoms with Crippen LogP contribution in [0, 0.1) is 20.8 Å². The van der Waals surface area contributed by atoms with Gasteiger partial charge in [0.15, 0.2) is 9.34 Å². The van der Waals surface area contributed by atoms with Crippen LogP contribution in [0.25, 0.3) is 0 Å². The second-order valence-corrected chi connectivity index (χ2v) is 7.52. The Labute approximate surface area is 121 Å². The minimum absolute atomic E-state index is 0.161. The van der Waals surface area contributed by atoms with Gasteiger partial charge in [0.25, 0.3) is 10.0 Å². The van der Waals surface area contributed by atoms with Gasteiger partial charge >= 0.3 is 0 Å². The second kappa shape index (κ2) is 5.15. The van der Waals surface area contributed by atoms with Crippen LogP contribution in [0.5, 0.6) is 0 Å². The maximum Gasteiger partial charge on any atom is 0.252 e. The molecule has 7 nitrogen and oxygen atoms in total. The predicted molar refractivity (Wildman–Crippen MR) is 78.0 cm³/mol. The first-order chi connectivity index (χ1) is 9.22. The second-order valence-electron chi connectivity index (χ2n) is 4.52. The molecule has 0 aromatic carbocycles. The quantitative estimate of drug-likeness (QED) is 0.871. The van der Waals surface area contributed by atoms with Crippen LogP contribution in [-0.4, -0.2) is 23.2 Å². The number of nitrogens with one attached hydrogen (secondary N) is 1. The molecule has 0 fully saturated rings. The van der Waals surface area contributed by atoms with Crippen molar-refractivity contribution in [2.45, 2.75) is 31.5 Å². The molecule has 0 saturated heterocycles. The lowest BCUT2D eigenvalue weighted by Crippen LogP contribution is -2.23. The molecule has 9 heteroatoms. The van der Waals surface area contributed by atoms with E-state index in [1.165, 1.54) is 0 Å². The lowest BCUT2D eigenvalue weighted by molar-refractivity contribution is 0.582. The van der Waals surface area contributed by atoms with E-state index in [1.807, 2.05) is 20.9 Å². The Hall–Kier alpha value is -1.45. The van der Waals surface area contributed by atoms with Crippen molar-refractivity contribution in [3.05, 3.63) is 22.6 Å². The third-order valence-corrected chi connectivity index (χ3v) is 6.11. The minimum Gasteiger partial charge on any atom is -0.375 e. The average Bonchev–Trinajstić information content (AvgIpc) is 2.79. The van der Waals surface area contributed by atoms with Crippen LogP contribution in [0.3, 0.4) is 0 Å². The molecule has 0 spiro atoms. The molecule has 2 aromatic rings. The van der Waals surface area contributed by atoms with Gasteiger partial charge in [-0.25, -0.2) is 18.1 Å². The molecule has 0 unspecified atom stereocenters. The van der Waals surface area contributed by atoms with Gasteiger partial charge < -0.3 is 5.73 Å². The van der Waals surface area contributed by atoms with Crippen LogP contribution in [0.1, 0.15) is 22.6 Å². The number of anilines is 1. The molecule has 0 aliphatic carbocycles. The molecule has 2 rings (SSSR count). The number of rotatable bonds is 4. The van der Waals surface area contributed by atoms with Gasteiger partial charge in [0.2, 0.25) is 0 Å². The van der Waals surface area contributed by atoms with Crippen molar-refractivity contribution >= 4 is 26.5 Å². The van der Waals surface area contributed by atoms with Crippen LogP contribution >= 0.6 is 11.3 Å². The molecule has 0 radical (unpaired) electrons. The molecule has 0 aliphatic heterocycles. The normalized spacial score (nSPS) is 12.0. The minimum atomic E-state index is -3.60. The summed E-state index contributed by atoms with van der Waals surface area (Å²) in [6.45, 7) is 5.58. The Bertz CT molecular complexity index is 745. The zero-order valence-electron chi connectivity index (χ0n) is 11.8. The Morgan fingerprint density at radius 3 is 2.40 bits per heavy atom. The maximum atomic E-state index is 12.2. The number of hydrogen-bond acceptors (Lipinski definition) is 6. The number of nitrogens with zero attached hydrogens (tertiary/aromatic N) is 3. The van der Waals surface area contributed by atoms with Gasteiger partial charge in [-0.15, -0.1) is 0 Å². The molecule has 110 valence electrons. The lowest BCUT2D eigenvalue weighted by atomic mass is 10.2. The molecule has 3 N–H and O–H groups in total. The SMILES string of the molecule is Cc1nc(N)sc1S(=O)(=O)NCc1c(C)nn(C)c1C. The largest absolute Gasteiger partial charge is 0.375 e. The highest BCUT2D eigenvalue weighted by Gasteiger charge is 2.22. The summed E-state index contributed by atoms with van der Waals surface area (Å²) >= 11 is 0.965. The first kappa shape index (κ1) is 14.9. The number of thiazole rings is 1. The summed E-state index contributed by atoms with van der Waals surface area (Å²) in [5.41, 5.74) is 8.58. The Morgan fingerprint density at radius 1 is 1.30 bits per heavy atom. The molecule has 0 atom stereocenters. The first-order valence-electron chi connectivity index (χ1n) is 5.94. The van der Waals surface area contributed by atoms with Gasteiger partial charge in [0, 0.05) is 24.8 Å². The van der Waals surface area contributed by atoms with Crippen LogP contribution in [-0.2, 0) is 23.6 Å². The monoisotopic (exact) mass is 315 g/mol. The third-order valence-electron chi connectivity index (χ3n) is 3.11. The number of aryl methyl sites for hydroxylation is 3. The Kier molecular flexibility index (Phi) is 3.85. The molecular weight excluding hydrogens is 298 g/mol. The van der Waals surface area contributed by atoms with Gasteiger partial charge in [0.1, 0.15) is 0 Å². The van der Waals surface area contributed by atoms with Gasteiger partial charge in [-0.05, 0) is 20.8 Å². The third kappa shape index (κ3) is 2.69. The van der Waals surface area contributed by atoms with Gasteiger partial charge in [-0.1, -0.05) is 11.3 Å². The van der Waals surface area contributed by atoms with Gasteiger partial charge in [0.05, 0.1) is 11.4 Å². The smallest absolute Gasteiger partial charge is 0.252 e. The highest BCUT2D eigenvalue weighted by Crippen LogP contribution is 2.25. The summed E-state index contributed by atoms with van der Waals surface area (Å²) in [7, 11) is -1.78. The van der Waals surface area contributed by atoms with Gasteiger partial charge in [-0.3, -0.25) is 4.68 Å².